The van der Waals surface area contributed by atoms with Crippen LogP contribution in [-0.4, -0.2) is 42.2 Å². The average Bonchev–Trinajstić information content (AvgIpc) is 2.67. The summed E-state index contributed by atoms with van der Waals surface area (Å²) in [6, 6.07) is 1.98. The molecule has 2 aliphatic heterocycles. The fourth-order valence-corrected chi connectivity index (χ4v) is 2.98. The molecule has 0 radical (unpaired) electrons. The molecule has 2 saturated heterocycles. The van der Waals surface area contributed by atoms with Crippen LogP contribution in [0.3, 0.4) is 0 Å². The quantitative estimate of drug-likeness (QED) is 0.828. The van der Waals surface area contributed by atoms with Crippen LogP contribution in [-0.2, 0) is 4.74 Å². The van der Waals surface area contributed by atoms with E-state index in [4.69, 9.17) is 10.5 Å². The number of nitrogen functional groups attached to an aromatic ring is 1. The first-order valence-corrected chi connectivity index (χ1v) is 6.63. The topological polar surface area (TPSA) is 54.6 Å². The van der Waals surface area contributed by atoms with Gasteiger partial charge in [-0.15, -0.1) is 0 Å². The van der Waals surface area contributed by atoms with Crippen LogP contribution >= 0.6 is 0 Å². The molecule has 2 aliphatic rings. The lowest BCUT2D eigenvalue weighted by atomic mass is 9.91. The molecule has 3 heterocycles. The second kappa shape index (κ2) is 4.33. The molecular weight excluding hydrogens is 240 g/mol. The van der Waals surface area contributed by atoms with Gasteiger partial charge >= 0.3 is 0 Å². The van der Waals surface area contributed by atoms with Gasteiger partial charge in [0, 0.05) is 39.2 Å². The number of anilines is 2. The Kier molecular flexibility index (Phi) is 2.77. The molecule has 5 nitrogen and oxygen atoms in total. The van der Waals surface area contributed by atoms with Gasteiger partial charge in [0.2, 0.25) is 0 Å². The second-order valence-electron chi connectivity index (χ2n) is 5.46. The SMILES string of the molecule is C=C1OC2(CCN(c3ccncc3N)CC2)CN1C. The van der Waals surface area contributed by atoms with E-state index in [1.807, 2.05) is 13.1 Å². The second-order valence-corrected chi connectivity index (χ2v) is 5.46. The summed E-state index contributed by atoms with van der Waals surface area (Å²) in [5, 5.41) is 0. The third-order valence-corrected chi connectivity index (χ3v) is 4.13. The summed E-state index contributed by atoms with van der Waals surface area (Å²) < 4.78 is 5.98. The van der Waals surface area contributed by atoms with E-state index in [1.165, 1.54) is 0 Å². The van der Waals surface area contributed by atoms with Crippen LogP contribution in [0.15, 0.2) is 30.9 Å². The summed E-state index contributed by atoms with van der Waals surface area (Å²) >= 11 is 0. The molecule has 0 atom stereocenters. The zero-order valence-electron chi connectivity index (χ0n) is 11.3. The molecule has 19 heavy (non-hydrogen) atoms. The summed E-state index contributed by atoms with van der Waals surface area (Å²) in [6.07, 6.45) is 5.50. The predicted molar refractivity (Wildman–Crippen MR) is 75.7 cm³/mol. The summed E-state index contributed by atoms with van der Waals surface area (Å²) in [4.78, 5) is 8.44. The minimum Gasteiger partial charge on any atom is -0.471 e. The van der Waals surface area contributed by atoms with E-state index in [1.54, 1.807) is 12.4 Å². The summed E-state index contributed by atoms with van der Waals surface area (Å²) in [5.41, 5.74) is 7.75. The fraction of sp³-hybridized carbons (Fsp3) is 0.500. The Morgan fingerprint density at radius 2 is 2.16 bits per heavy atom. The fourth-order valence-electron chi connectivity index (χ4n) is 2.98. The van der Waals surface area contributed by atoms with Crippen molar-refractivity contribution >= 4 is 11.4 Å². The molecule has 5 heteroatoms. The van der Waals surface area contributed by atoms with E-state index in [0.717, 1.165) is 49.7 Å². The molecule has 1 aromatic heterocycles. The monoisotopic (exact) mass is 260 g/mol. The van der Waals surface area contributed by atoms with Gasteiger partial charge in [-0.25, -0.2) is 0 Å². The first kappa shape index (κ1) is 12.1. The first-order chi connectivity index (χ1) is 9.10. The van der Waals surface area contributed by atoms with E-state index in [9.17, 15) is 0 Å². The van der Waals surface area contributed by atoms with E-state index in [2.05, 4.69) is 21.4 Å². The third-order valence-electron chi connectivity index (χ3n) is 4.13. The lowest BCUT2D eigenvalue weighted by Crippen LogP contribution is -2.46. The van der Waals surface area contributed by atoms with Gasteiger partial charge in [0.15, 0.2) is 5.88 Å². The molecule has 0 bridgehead atoms. The van der Waals surface area contributed by atoms with Gasteiger partial charge in [-0.05, 0) is 12.6 Å². The molecule has 0 aliphatic carbocycles. The Balaban J connectivity index is 1.71. The van der Waals surface area contributed by atoms with Gasteiger partial charge in [-0.3, -0.25) is 4.98 Å². The minimum atomic E-state index is -0.0515. The minimum absolute atomic E-state index is 0.0515. The molecule has 0 unspecified atom stereocenters. The van der Waals surface area contributed by atoms with Crippen molar-refractivity contribution in [3.8, 4) is 0 Å². The van der Waals surface area contributed by atoms with E-state index < -0.39 is 0 Å². The van der Waals surface area contributed by atoms with Crippen LogP contribution in [0.4, 0.5) is 11.4 Å². The largest absolute Gasteiger partial charge is 0.471 e. The van der Waals surface area contributed by atoms with Crippen LogP contribution in [0.2, 0.25) is 0 Å². The molecule has 3 rings (SSSR count). The highest BCUT2D eigenvalue weighted by atomic mass is 16.5. The van der Waals surface area contributed by atoms with Gasteiger partial charge in [0.25, 0.3) is 0 Å². The lowest BCUT2D eigenvalue weighted by molar-refractivity contribution is 0.0274. The number of piperidine rings is 1. The molecule has 0 amide bonds. The molecular formula is C14H20N4O. The normalized spacial score (nSPS) is 21.8. The van der Waals surface area contributed by atoms with Gasteiger partial charge in [-0.1, -0.05) is 0 Å². The number of hydrogen-bond donors (Lipinski definition) is 1. The van der Waals surface area contributed by atoms with Crippen LogP contribution < -0.4 is 10.6 Å². The van der Waals surface area contributed by atoms with Crippen molar-refractivity contribution in [2.45, 2.75) is 18.4 Å². The van der Waals surface area contributed by atoms with Crippen LogP contribution in [0.1, 0.15) is 12.8 Å². The summed E-state index contributed by atoms with van der Waals surface area (Å²) in [6.45, 7) is 6.78. The molecule has 102 valence electrons. The van der Waals surface area contributed by atoms with Crippen molar-refractivity contribution in [2.24, 2.45) is 0 Å². The highest BCUT2D eigenvalue weighted by molar-refractivity contribution is 5.66. The lowest BCUT2D eigenvalue weighted by Gasteiger charge is -2.39. The maximum absolute atomic E-state index is 5.98. The Labute approximate surface area is 113 Å². The van der Waals surface area contributed by atoms with Crippen molar-refractivity contribution in [1.29, 1.82) is 0 Å². The van der Waals surface area contributed by atoms with Crippen molar-refractivity contribution in [3.63, 3.8) is 0 Å². The smallest absolute Gasteiger partial charge is 0.182 e. The van der Waals surface area contributed by atoms with Crippen LogP contribution in [0.25, 0.3) is 0 Å². The van der Waals surface area contributed by atoms with E-state index in [-0.39, 0.29) is 5.60 Å². The van der Waals surface area contributed by atoms with Crippen molar-refractivity contribution < 1.29 is 4.74 Å². The van der Waals surface area contributed by atoms with Crippen molar-refractivity contribution in [1.82, 2.24) is 9.88 Å². The van der Waals surface area contributed by atoms with Crippen LogP contribution in [0.5, 0.6) is 0 Å². The van der Waals surface area contributed by atoms with E-state index >= 15 is 0 Å². The summed E-state index contributed by atoms with van der Waals surface area (Å²) in [5.74, 6) is 0.789. The van der Waals surface area contributed by atoms with Crippen molar-refractivity contribution in [2.75, 3.05) is 37.3 Å². The standard InChI is InChI=1S/C14H20N4O/c1-11-17(2)10-14(19-11)4-7-18(8-5-14)13-3-6-16-9-12(13)15/h3,6,9H,1,4-5,7-8,10,15H2,2H3. The maximum Gasteiger partial charge on any atom is 0.182 e. The third kappa shape index (κ3) is 2.09. The van der Waals surface area contributed by atoms with Crippen LogP contribution in [0, 0.1) is 0 Å². The average molecular weight is 260 g/mol. The van der Waals surface area contributed by atoms with Gasteiger partial charge in [-0.2, -0.15) is 0 Å². The number of rotatable bonds is 1. The number of nitrogens with two attached hydrogens (primary N) is 1. The van der Waals surface area contributed by atoms with Crippen molar-refractivity contribution in [3.05, 3.63) is 30.9 Å². The van der Waals surface area contributed by atoms with Gasteiger partial charge < -0.3 is 20.3 Å². The van der Waals surface area contributed by atoms with E-state index in [0.29, 0.717) is 0 Å². The number of aromatic nitrogens is 1. The molecule has 2 fully saturated rings. The Hall–Kier alpha value is -1.91. The highest BCUT2D eigenvalue weighted by Crippen LogP contribution is 2.37. The molecule has 1 aromatic rings. The number of likely N-dealkylation sites (N-methyl/N-ethyl adjacent to an activating group) is 1. The zero-order chi connectivity index (χ0) is 13.5. The molecule has 0 saturated carbocycles. The number of ether oxygens (including phenoxy) is 1. The molecule has 2 N–H and O–H groups in total. The van der Waals surface area contributed by atoms with Gasteiger partial charge in [0.1, 0.15) is 5.60 Å². The first-order valence-electron chi connectivity index (χ1n) is 6.63. The Morgan fingerprint density at radius 3 is 2.74 bits per heavy atom. The van der Waals surface area contributed by atoms with Gasteiger partial charge in [0.05, 0.1) is 24.1 Å². The number of pyridine rings is 1. The Bertz CT molecular complexity index is 494. The highest BCUT2D eigenvalue weighted by Gasteiger charge is 2.43. The number of nitrogens with zero attached hydrogens (tertiary/aromatic N) is 3. The zero-order valence-corrected chi connectivity index (χ0v) is 11.3. The Morgan fingerprint density at radius 1 is 1.42 bits per heavy atom. The number of hydrogen-bond acceptors (Lipinski definition) is 5. The maximum atomic E-state index is 5.98. The predicted octanol–water partition coefficient (Wildman–Crippen LogP) is 1.44. The summed E-state index contributed by atoms with van der Waals surface area (Å²) in [7, 11) is 2.03. The molecule has 1 spiro atoms. The molecule has 0 aromatic carbocycles.